The molecule has 1 heterocycles. The van der Waals surface area contributed by atoms with E-state index in [2.05, 4.69) is 5.32 Å². The first-order valence-corrected chi connectivity index (χ1v) is 5.93. The van der Waals surface area contributed by atoms with Crippen molar-refractivity contribution in [2.24, 2.45) is 11.8 Å². The molecule has 1 N–H and O–H groups in total. The second kappa shape index (κ2) is 3.78. The molecule has 1 aliphatic carbocycles. The van der Waals surface area contributed by atoms with Gasteiger partial charge in [-0.2, -0.15) is 0 Å². The Hall–Kier alpha value is -0.570. The van der Waals surface area contributed by atoms with Crippen LogP contribution in [0.25, 0.3) is 0 Å². The maximum absolute atomic E-state index is 11.9. The molecule has 2 fully saturated rings. The molecule has 0 bridgehead atoms. The molecule has 0 aromatic rings. The Labute approximate surface area is 91.6 Å². The molecule has 0 amide bonds. The van der Waals surface area contributed by atoms with Gasteiger partial charge in [-0.25, -0.2) is 0 Å². The molecule has 0 aromatic carbocycles. The van der Waals surface area contributed by atoms with Gasteiger partial charge in [0.1, 0.15) is 11.6 Å². The van der Waals surface area contributed by atoms with Crippen LogP contribution in [0.2, 0.25) is 0 Å². The van der Waals surface area contributed by atoms with Gasteiger partial charge in [0.05, 0.1) is 0 Å². The normalized spacial score (nSPS) is 35.3. The highest BCUT2D eigenvalue weighted by molar-refractivity contribution is 5.77. The monoisotopic (exact) mass is 211 g/mol. The fourth-order valence-corrected chi connectivity index (χ4v) is 2.81. The van der Waals surface area contributed by atoms with E-state index in [1.54, 1.807) is 0 Å². The summed E-state index contributed by atoms with van der Waals surface area (Å²) in [6.07, 6.45) is 3.73. The predicted octanol–water partition coefficient (Wildman–Crippen LogP) is 1.72. The maximum atomic E-state index is 11.9. The highest BCUT2D eigenvalue weighted by Crippen LogP contribution is 2.38. The predicted molar refractivity (Wildman–Crippen MR) is 58.5 cm³/mol. The molecule has 0 aromatic heterocycles. The third-order valence-corrected chi connectivity index (χ3v) is 3.41. The van der Waals surface area contributed by atoms with Crippen molar-refractivity contribution in [1.29, 1.82) is 0 Å². The molecule has 0 spiro atoms. The second-order valence-electron chi connectivity index (χ2n) is 5.77. The molecule has 15 heavy (non-hydrogen) atoms. The Morgan fingerprint density at radius 2 is 2.07 bits per heavy atom. The lowest BCUT2D eigenvalue weighted by Gasteiger charge is -2.24. The lowest BCUT2D eigenvalue weighted by Crippen LogP contribution is -2.40. The summed E-state index contributed by atoms with van der Waals surface area (Å²) < 4.78 is 5.43. The van der Waals surface area contributed by atoms with Crippen LogP contribution in [0.5, 0.6) is 0 Å². The summed E-state index contributed by atoms with van der Waals surface area (Å²) in [4.78, 5) is 11.9. The van der Waals surface area contributed by atoms with Crippen LogP contribution < -0.4 is 5.32 Å². The molecule has 1 saturated carbocycles. The van der Waals surface area contributed by atoms with Gasteiger partial charge in [-0.05, 0) is 52.0 Å². The average molecular weight is 211 g/mol. The Morgan fingerprint density at radius 3 is 2.73 bits per heavy atom. The quantitative estimate of drug-likeness (QED) is 0.671. The van der Waals surface area contributed by atoms with Gasteiger partial charge in [-0.15, -0.1) is 0 Å². The van der Waals surface area contributed by atoms with Crippen molar-refractivity contribution in [1.82, 2.24) is 5.32 Å². The first-order chi connectivity index (χ1) is 6.97. The van der Waals surface area contributed by atoms with Crippen molar-refractivity contribution < 1.29 is 9.53 Å². The standard InChI is InChI=1S/C12H21NO2/c1-12(2,3)15-11(14)10-9-6-4-5-8(9)7-13-10/h8-10,13H,4-7H2,1-3H3/t8-,9+,10-/m0/s1. The number of carbonyl (C=O) groups is 1. The molecule has 86 valence electrons. The fourth-order valence-electron chi connectivity index (χ4n) is 2.81. The number of hydrogen-bond acceptors (Lipinski definition) is 3. The van der Waals surface area contributed by atoms with Crippen LogP contribution >= 0.6 is 0 Å². The Balaban J connectivity index is 1.96. The van der Waals surface area contributed by atoms with Crippen LogP contribution in [0.3, 0.4) is 0 Å². The van der Waals surface area contributed by atoms with Gasteiger partial charge in [-0.3, -0.25) is 4.79 Å². The van der Waals surface area contributed by atoms with E-state index in [1.165, 1.54) is 19.3 Å². The van der Waals surface area contributed by atoms with Crippen molar-refractivity contribution >= 4 is 5.97 Å². The summed E-state index contributed by atoms with van der Waals surface area (Å²) in [6.45, 7) is 6.76. The molecule has 1 saturated heterocycles. The molecule has 1 aliphatic heterocycles. The van der Waals surface area contributed by atoms with Gasteiger partial charge >= 0.3 is 5.97 Å². The topological polar surface area (TPSA) is 38.3 Å². The van der Waals surface area contributed by atoms with Crippen molar-refractivity contribution in [3.05, 3.63) is 0 Å². The summed E-state index contributed by atoms with van der Waals surface area (Å²) >= 11 is 0. The largest absolute Gasteiger partial charge is 0.459 e. The van der Waals surface area contributed by atoms with E-state index in [1.807, 2.05) is 20.8 Å². The summed E-state index contributed by atoms with van der Waals surface area (Å²) in [7, 11) is 0. The molecule has 3 heteroatoms. The Kier molecular flexibility index (Phi) is 2.75. The summed E-state index contributed by atoms with van der Waals surface area (Å²) in [5.74, 6) is 1.18. The maximum Gasteiger partial charge on any atom is 0.323 e. The molecule has 3 nitrogen and oxygen atoms in total. The minimum absolute atomic E-state index is 0.0447. The average Bonchev–Trinajstić information content (AvgIpc) is 2.57. The molecular formula is C12H21NO2. The summed E-state index contributed by atoms with van der Waals surface area (Å²) in [5, 5.41) is 3.31. The van der Waals surface area contributed by atoms with E-state index in [0.717, 1.165) is 6.54 Å². The molecule has 2 rings (SSSR count). The number of hydrogen-bond donors (Lipinski definition) is 1. The van der Waals surface area contributed by atoms with Gasteiger partial charge in [0, 0.05) is 0 Å². The SMILES string of the molecule is CC(C)(C)OC(=O)[C@H]1NC[C@@H]2CCC[C@H]21. The van der Waals surface area contributed by atoms with E-state index in [0.29, 0.717) is 11.8 Å². The number of rotatable bonds is 1. The third kappa shape index (κ3) is 2.33. The zero-order valence-corrected chi connectivity index (χ0v) is 9.88. The van der Waals surface area contributed by atoms with Crippen LogP contribution in [-0.4, -0.2) is 24.2 Å². The second-order valence-corrected chi connectivity index (χ2v) is 5.77. The van der Waals surface area contributed by atoms with Gasteiger partial charge in [0.15, 0.2) is 0 Å². The van der Waals surface area contributed by atoms with Gasteiger partial charge < -0.3 is 10.1 Å². The van der Waals surface area contributed by atoms with Crippen molar-refractivity contribution in [3.8, 4) is 0 Å². The van der Waals surface area contributed by atoms with Crippen LogP contribution in [0.15, 0.2) is 0 Å². The van der Waals surface area contributed by atoms with Crippen LogP contribution in [0, 0.1) is 11.8 Å². The summed E-state index contributed by atoms with van der Waals surface area (Å²) in [5.41, 5.74) is -0.366. The van der Waals surface area contributed by atoms with Gasteiger partial charge in [0.25, 0.3) is 0 Å². The van der Waals surface area contributed by atoms with E-state index in [4.69, 9.17) is 4.74 Å². The number of fused-ring (bicyclic) bond motifs is 1. The Bertz CT molecular complexity index is 257. The number of esters is 1. The highest BCUT2D eigenvalue weighted by Gasteiger charge is 2.43. The minimum atomic E-state index is -0.366. The highest BCUT2D eigenvalue weighted by atomic mass is 16.6. The molecule has 2 aliphatic rings. The smallest absolute Gasteiger partial charge is 0.323 e. The van der Waals surface area contributed by atoms with E-state index >= 15 is 0 Å². The number of nitrogens with one attached hydrogen (secondary N) is 1. The first kappa shape index (κ1) is 10.9. The van der Waals surface area contributed by atoms with Crippen molar-refractivity contribution in [3.63, 3.8) is 0 Å². The van der Waals surface area contributed by atoms with E-state index < -0.39 is 0 Å². The molecule has 0 unspecified atom stereocenters. The van der Waals surface area contributed by atoms with Gasteiger partial charge in [0.2, 0.25) is 0 Å². The summed E-state index contributed by atoms with van der Waals surface area (Å²) in [6, 6.07) is -0.0447. The lowest BCUT2D eigenvalue weighted by molar-refractivity contribution is -0.158. The van der Waals surface area contributed by atoms with Crippen LogP contribution in [0.4, 0.5) is 0 Å². The van der Waals surface area contributed by atoms with Crippen molar-refractivity contribution in [2.45, 2.75) is 51.7 Å². The van der Waals surface area contributed by atoms with Crippen LogP contribution in [0.1, 0.15) is 40.0 Å². The molecule has 0 radical (unpaired) electrons. The minimum Gasteiger partial charge on any atom is -0.459 e. The number of carbonyl (C=O) groups excluding carboxylic acids is 1. The van der Waals surface area contributed by atoms with Gasteiger partial charge in [-0.1, -0.05) is 6.42 Å². The van der Waals surface area contributed by atoms with E-state index in [9.17, 15) is 4.79 Å². The zero-order valence-electron chi connectivity index (χ0n) is 9.88. The lowest BCUT2D eigenvalue weighted by atomic mass is 9.94. The van der Waals surface area contributed by atoms with Crippen molar-refractivity contribution in [2.75, 3.05) is 6.54 Å². The molecule has 3 atom stereocenters. The number of ether oxygens (including phenoxy) is 1. The third-order valence-electron chi connectivity index (χ3n) is 3.41. The first-order valence-electron chi connectivity index (χ1n) is 5.93. The van der Waals surface area contributed by atoms with E-state index in [-0.39, 0.29) is 17.6 Å². The Morgan fingerprint density at radius 1 is 1.33 bits per heavy atom. The fraction of sp³-hybridized carbons (Fsp3) is 0.917. The zero-order chi connectivity index (χ0) is 11.1. The molecular weight excluding hydrogens is 190 g/mol. The van der Waals surface area contributed by atoms with Crippen LogP contribution in [-0.2, 0) is 9.53 Å².